The van der Waals surface area contributed by atoms with Crippen molar-refractivity contribution in [3.8, 4) is 5.75 Å². The molecule has 28 heavy (non-hydrogen) atoms. The fraction of sp³-hybridized carbons (Fsp3) is 0.500. The average molecular weight is 428 g/mol. The maximum atomic E-state index is 14.8. The molecule has 152 valence electrons. The highest BCUT2D eigenvalue weighted by Gasteiger charge is 2.37. The van der Waals surface area contributed by atoms with E-state index in [2.05, 4.69) is 4.98 Å². The summed E-state index contributed by atoms with van der Waals surface area (Å²) in [6.07, 6.45) is 2.87. The Morgan fingerprint density at radius 1 is 1.39 bits per heavy atom. The van der Waals surface area contributed by atoms with Crippen molar-refractivity contribution < 1.29 is 21.8 Å². The van der Waals surface area contributed by atoms with Crippen molar-refractivity contribution in [1.82, 2.24) is 13.9 Å². The van der Waals surface area contributed by atoms with E-state index in [0.29, 0.717) is 30.4 Å². The molecular formula is C18H22FN3O4S2. The van der Waals surface area contributed by atoms with E-state index in [1.807, 2.05) is 0 Å². The Morgan fingerprint density at radius 2 is 2.21 bits per heavy atom. The second-order valence-electron chi connectivity index (χ2n) is 7.13. The first-order valence-corrected chi connectivity index (χ1v) is 11.9. The lowest BCUT2D eigenvalue weighted by Gasteiger charge is -2.33. The van der Waals surface area contributed by atoms with E-state index < -0.39 is 32.9 Å². The largest absolute Gasteiger partial charge is 0.493 e. The van der Waals surface area contributed by atoms with Crippen molar-refractivity contribution in [3.05, 3.63) is 36.2 Å². The van der Waals surface area contributed by atoms with Crippen LogP contribution in [-0.2, 0) is 34.3 Å². The first-order valence-electron chi connectivity index (χ1n) is 9.12. The van der Waals surface area contributed by atoms with Gasteiger partial charge in [-0.05, 0) is 30.2 Å². The number of hydrogen-bond donors (Lipinski definition) is 0. The van der Waals surface area contributed by atoms with Gasteiger partial charge in [-0.2, -0.15) is 4.31 Å². The van der Waals surface area contributed by atoms with Crippen LogP contribution in [0.3, 0.4) is 0 Å². The minimum atomic E-state index is -3.77. The van der Waals surface area contributed by atoms with Crippen molar-refractivity contribution in [1.29, 1.82) is 0 Å². The molecule has 1 fully saturated rings. The van der Waals surface area contributed by atoms with E-state index >= 15 is 0 Å². The van der Waals surface area contributed by atoms with Crippen molar-refractivity contribution in [2.24, 2.45) is 13.0 Å². The molecular weight excluding hydrogens is 405 g/mol. The van der Waals surface area contributed by atoms with E-state index in [9.17, 15) is 17.0 Å². The number of imidazole rings is 1. The number of ether oxygens (including phenoxy) is 1. The van der Waals surface area contributed by atoms with Gasteiger partial charge in [-0.1, -0.05) is 0 Å². The summed E-state index contributed by atoms with van der Waals surface area (Å²) < 4.78 is 61.4. The Bertz CT molecular complexity index is 1010. The van der Waals surface area contributed by atoms with Crippen molar-refractivity contribution in [3.63, 3.8) is 0 Å². The number of alkyl halides is 1. The molecule has 2 aromatic rings. The van der Waals surface area contributed by atoms with E-state index in [1.165, 1.54) is 10.4 Å². The lowest BCUT2D eigenvalue weighted by molar-refractivity contribution is 0.146. The summed E-state index contributed by atoms with van der Waals surface area (Å²) >= 11 is 0. The van der Waals surface area contributed by atoms with Crippen LogP contribution in [0, 0.1) is 5.92 Å². The Hall–Kier alpha value is -1.78. The molecule has 0 spiro atoms. The monoisotopic (exact) mass is 427 g/mol. The molecule has 0 N–H and O–H groups in total. The fourth-order valence-corrected chi connectivity index (χ4v) is 6.63. The SMILES string of the molecule is Cn1ccnc1S(=O)C[C@H]1CCN(S(=O)(=O)c2ccc3c(c2)CCO3)C[C@@H]1F. The second kappa shape index (κ2) is 7.57. The molecule has 1 unspecified atom stereocenters. The molecule has 3 atom stereocenters. The topological polar surface area (TPSA) is 81.5 Å². The van der Waals surface area contributed by atoms with Gasteiger partial charge in [0, 0.05) is 50.6 Å². The molecule has 0 aliphatic carbocycles. The number of aryl methyl sites for hydroxylation is 1. The van der Waals surface area contributed by atoms with Gasteiger partial charge >= 0.3 is 0 Å². The van der Waals surface area contributed by atoms with Gasteiger partial charge in [-0.3, -0.25) is 4.21 Å². The maximum Gasteiger partial charge on any atom is 0.243 e. The molecule has 0 radical (unpaired) electrons. The highest BCUT2D eigenvalue weighted by Crippen LogP contribution is 2.31. The minimum Gasteiger partial charge on any atom is -0.493 e. The van der Waals surface area contributed by atoms with Gasteiger partial charge in [0.05, 0.1) is 22.3 Å². The van der Waals surface area contributed by atoms with Crippen molar-refractivity contribution in [2.75, 3.05) is 25.4 Å². The molecule has 1 aromatic heterocycles. The third-order valence-corrected chi connectivity index (χ3v) is 8.68. The van der Waals surface area contributed by atoms with E-state index in [4.69, 9.17) is 4.74 Å². The molecule has 2 aliphatic rings. The van der Waals surface area contributed by atoms with Crippen LogP contribution < -0.4 is 4.74 Å². The summed E-state index contributed by atoms with van der Waals surface area (Å²) in [6.45, 7) is 0.529. The summed E-state index contributed by atoms with van der Waals surface area (Å²) in [5, 5.41) is 0.405. The lowest BCUT2D eigenvalue weighted by atomic mass is 9.98. The lowest BCUT2D eigenvalue weighted by Crippen LogP contribution is -2.46. The van der Waals surface area contributed by atoms with Crippen LogP contribution in [0.4, 0.5) is 4.39 Å². The molecule has 4 rings (SSSR count). The number of benzene rings is 1. The van der Waals surface area contributed by atoms with Crippen LogP contribution in [0.15, 0.2) is 40.6 Å². The van der Waals surface area contributed by atoms with Crippen LogP contribution in [-0.4, -0.2) is 58.1 Å². The van der Waals surface area contributed by atoms with Crippen molar-refractivity contribution in [2.45, 2.75) is 29.1 Å². The Kier molecular flexibility index (Phi) is 5.28. The number of piperidine rings is 1. The number of aromatic nitrogens is 2. The third kappa shape index (κ3) is 3.60. The predicted octanol–water partition coefficient (Wildman–Crippen LogP) is 1.51. The smallest absolute Gasteiger partial charge is 0.243 e. The maximum absolute atomic E-state index is 14.8. The number of halogens is 1. The Morgan fingerprint density at radius 3 is 2.93 bits per heavy atom. The summed E-state index contributed by atoms with van der Waals surface area (Å²) in [5.74, 6) is 0.381. The van der Waals surface area contributed by atoms with Gasteiger partial charge in [-0.15, -0.1) is 0 Å². The van der Waals surface area contributed by atoms with Gasteiger partial charge in [0.1, 0.15) is 11.9 Å². The minimum absolute atomic E-state index is 0.135. The van der Waals surface area contributed by atoms with Crippen molar-refractivity contribution >= 4 is 20.8 Å². The predicted molar refractivity (Wildman–Crippen MR) is 102 cm³/mol. The zero-order valence-electron chi connectivity index (χ0n) is 15.5. The van der Waals surface area contributed by atoms with Gasteiger partial charge in [0.2, 0.25) is 10.0 Å². The van der Waals surface area contributed by atoms with Gasteiger partial charge in [-0.25, -0.2) is 17.8 Å². The van der Waals surface area contributed by atoms with Crippen LogP contribution in [0.2, 0.25) is 0 Å². The van der Waals surface area contributed by atoms with E-state index in [1.54, 1.807) is 36.1 Å². The highest BCUT2D eigenvalue weighted by molar-refractivity contribution is 7.89. The molecule has 10 heteroatoms. The number of rotatable bonds is 5. The molecule has 7 nitrogen and oxygen atoms in total. The van der Waals surface area contributed by atoms with Crippen LogP contribution in [0.5, 0.6) is 5.75 Å². The van der Waals surface area contributed by atoms with Gasteiger partial charge in [0.25, 0.3) is 0 Å². The molecule has 3 heterocycles. The summed E-state index contributed by atoms with van der Waals surface area (Å²) in [6, 6.07) is 4.78. The molecule has 0 bridgehead atoms. The van der Waals surface area contributed by atoms with E-state index in [0.717, 1.165) is 5.56 Å². The highest BCUT2D eigenvalue weighted by atomic mass is 32.2. The number of hydrogen-bond acceptors (Lipinski definition) is 5. The van der Waals surface area contributed by atoms with Crippen LogP contribution in [0.1, 0.15) is 12.0 Å². The normalized spacial score (nSPS) is 23.9. The fourth-order valence-electron chi connectivity index (χ4n) is 3.64. The second-order valence-corrected chi connectivity index (χ2v) is 10.5. The summed E-state index contributed by atoms with van der Waals surface area (Å²) in [4.78, 5) is 4.22. The van der Waals surface area contributed by atoms with Gasteiger partial charge < -0.3 is 9.30 Å². The Balaban J connectivity index is 1.45. The van der Waals surface area contributed by atoms with Crippen LogP contribution >= 0.6 is 0 Å². The molecule has 1 aromatic carbocycles. The third-order valence-electron chi connectivity index (χ3n) is 5.28. The molecule has 2 aliphatic heterocycles. The standard InChI is InChI=1S/C18H22FN3O4S2/c1-21-8-6-20-18(21)27(23)12-14-4-7-22(11-16(14)19)28(24,25)15-2-3-17-13(10-15)5-9-26-17/h2-3,6,8,10,14,16H,4-5,7,9,11-12H2,1H3/t14-,16+,27?/m1/s1. The number of sulfonamides is 1. The summed E-state index contributed by atoms with van der Waals surface area (Å²) in [5.41, 5.74) is 0.859. The molecule has 0 saturated carbocycles. The first kappa shape index (κ1) is 19.5. The van der Waals surface area contributed by atoms with E-state index in [-0.39, 0.29) is 23.7 Å². The zero-order chi connectivity index (χ0) is 19.9. The molecule has 1 saturated heterocycles. The number of nitrogens with zero attached hydrogens (tertiary/aromatic N) is 3. The Labute approximate surface area is 166 Å². The average Bonchev–Trinajstić information content (AvgIpc) is 3.31. The van der Waals surface area contributed by atoms with Crippen LogP contribution in [0.25, 0.3) is 0 Å². The molecule has 0 amide bonds. The first-order chi connectivity index (χ1) is 13.4. The summed E-state index contributed by atoms with van der Waals surface area (Å²) in [7, 11) is -3.45. The van der Waals surface area contributed by atoms with Gasteiger partial charge in [0.15, 0.2) is 5.16 Å². The zero-order valence-corrected chi connectivity index (χ0v) is 17.1. The quantitative estimate of drug-likeness (QED) is 0.723. The number of fused-ring (bicyclic) bond motifs is 1.